The lowest BCUT2D eigenvalue weighted by Crippen LogP contribution is -2.45. The van der Waals surface area contributed by atoms with Gasteiger partial charge in [-0.1, -0.05) is 6.92 Å². The highest BCUT2D eigenvalue weighted by atomic mass is 35.5. The lowest BCUT2D eigenvalue weighted by Gasteiger charge is -2.34. The van der Waals surface area contributed by atoms with Gasteiger partial charge in [-0.3, -0.25) is 4.68 Å². The lowest BCUT2D eigenvalue weighted by molar-refractivity contribution is 0.238. The highest BCUT2D eigenvalue weighted by Crippen LogP contribution is 2.24. The Morgan fingerprint density at radius 2 is 2.32 bits per heavy atom. The molecule has 0 spiro atoms. The van der Waals surface area contributed by atoms with Gasteiger partial charge in [0, 0.05) is 26.3 Å². The summed E-state index contributed by atoms with van der Waals surface area (Å²) < 4.78 is 28.3. The number of sulfonamides is 1. The van der Waals surface area contributed by atoms with E-state index in [-0.39, 0.29) is 22.7 Å². The molecule has 0 aromatic carbocycles. The van der Waals surface area contributed by atoms with Crippen LogP contribution in [0.15, 0.2) is 17.3 Å². The number of piperidine rings is 1. The fourth-order valence-electron chi connectivity index (χ4n) is 2.16. The van der Waals surface area contributed by atoms with Crippen LogP contribution in [0.4, 0.5) is 0 Å². The number of halogens is 1. The third-order valence-electron chi connectivity index (χ3n) is 3.37. The SMILES string of the molecule is Cl.Cn1cc(S(=O)(=O)NCC2(C)CCCNC2)cn1. The monoisotopic (exact) mass is 308 g/mol. The second kappa shape index (κ2) is 6.21. The molecule has 0 saturated carbocycles. The first-order chi connectivity index (χ1) is 8.41. The molecule has 1 fully saturated rings. The van der Waals surface area contributed by atoms with Gasteiger partial charge >= 0.3 is 0 Å². The van der Waals surface area contributed by atoms with Crippen molar-refractivity contribution in [2.75, 3.05) is 19.6 Å². The van der Waals surface area contributed by atoms with Crippen LogP contribution in [0.25, 0.3) is 0 Å². The maximum atomic E-state index is 12.0. The predicted octanol–water partition coefficient (Wildman–Crippen LogP) is 0.510. The maximum absolute atomic E-state index is 12.0. The molecule has 0 radical (unpaired) electrons. The van der Waals surface area contributed by atoms with Gasteiger partial charge in [0.05, 0.1) is 6.20 Å². The standard InChI is InChI=1S/C11H20N4O2S.ClH/c1-11(4-3-5-12-8-11)9-14-18(16,17)10-6-13-15(2)7-10;/h6-7,12,14H,3-5,8-9H2,1-2H3;1H. The third kappa shape index (κ3) is 4.17. The van der Waals surface area contributed by atoms with E-state index in [1.807, 2.05) is 0 Å². The summed E-state index contributed by atoms with van der Waals surface area (Å²) in [5.74, 6) is 0. The molecule has 1 unspecified atom stereocenters. The Balaban J connectivity index is 0.00000180. The van der Waals surface area contributed by atoms with Crippen LogP contribution in [-0.2, 0) is 17.1 Å². The van der Waals surface area contributed by atoms with E-state index in [1.54, 1.807) is 7.05 Å². The van der Waals surface area contributed by atoms with Gasteiger partial charge < -0.3 is 5.32 Å². The molecule has 8 heteroatoms. The van der Waals surface area contributed by atoms with Crippen molar-refractivity contribution in [2.45, 2.75) is 24.7 Å². The molecule has 1 atom stereocenters. The number of nitrogens with zero attached hydrogens (tertiary/aromatic N) is 2. The van der Waals surface area contributed by atoms with Gasteiger partial charge in [0.15, 0.2) is 0 Å². The van der Waals surface area contributed by atoms with Crippen LogP contribution in [0, 0.1) is 5.41 Å². The van der Waals surface area contributed by atoms with Crippen LogP contribution >= 0.6 is 12.4 Å². The summed E-state index contributed by atoms with van der Waals surface area (Å²) in [6.45, 7) is 4.43. The third-order valence-corrected chi connectivity index (χ3v) is 4.72. The molecule has 1 saturated heterocycles. The Kier molecular flexibility index (Phi) is 5.37. The molecule has 0 amide bonds. The minimum Gasteiger partial charge on any atom is -0.316 e. The van der Waals surface area contributed by atoms with Gasteiger partial charge in [-0.2, -0.15) is 5.10 Å². The molecular weight excluding hydrogens is 288 g/mol. The zero-order valence-corrected chi connectivity index (χ0v) is 12.9. The molecule has 1 aliphatic heterocycles. The summed E-state index contributed by atoms with van der Waals surface area (Å²) in [5, 5.41) is 7.18. The molecule has 2 N–H and O–H groups in total. The Morgan fingerprint density at radius 1 is 1.58 bits per heavy atom. The van der Waals surface area contributed by atoms with Crippen molar-refractivity contribution >= 4 is 22.4 Å². The highest BCUT2D eigenvalue weighted by molar-refractivity contribution is 7.89. The molecule has 2 heterocycles. The quantitative estimate of drug-likeness (QED) is 0.850. The van der Waals surface area contributed by atoms with Crippen LogP contribution in [0.1, 0.15) is 19.8 Å². The first-order valence-electron chi connectivity index (χ1n) is 6.10. The van der Waals surface area contributed by atoms with Crippen molar-refractivity contribution in [2.24, 2.45) is 12.5 Å². The number of aromatic nitrogens is 2. The van der Waals surface area contributed by atoms with Crippen LogP contribution in [-0.4, -0.2) is 37.8 Å². The van der Waals surface area contributed by atoms with Crippen LogP contribution in [0.2, 0.25) is 0 Å². The van der Waals surface area contributed by atoms with Gasteiger partial charge in [-0.25, -0.2) is 13.1 Å². The number of rotatable bonds is 4. The maximum Gasteiger partial charge on any atom is 0.243 e. The molecule has 0 aliphatic carbocycles. The number of nitrogens with one attached hydrogen (secondary N) is 2. The number of aryl methyl sites for hydroxylation is 1. The molecule has 6 nitrogen and oxygen atoms in total. The molecule has 2 rings (SSSR count). The van der Waals surface area contributed by atoms with Gasteiger partial charge in [-0.05, 0) is 24.8 Å². The molecule has 0 bridgehead atoms. The minimum atomic E-state index is -3.44. The Labute approximate surface area is 120 Å². The van der Waals surface area contributed by atoms with Crippen molar-refractivity contribution in [3.05, 3.63) is 12.4 Å². The van der Waals surface area contributed by atoms with Crippen molar-refractivity contribution in [1.82, 2.24) is 19.8 Å². The van der Waals surface area contributed by atoms with E-state index < -0.39 is 10.0 Å². The Hall–Kier alpha value is -0.630. The minimum absolute atomic E-state index is 0. The van der Waals surface area contributed by atoms with E-state index in [0.717, 1.165) is 25.9 Å². The number of hydrogen-bond acceptors (Lipinski definition) is 4. The topological polar surface area (TPSA) is 76.0 Å². The Morgan fingerprint density at radius 3 is 2.84 bits per heavy atom. The van der Waals surface area contributed by atoms with E-state index in [0.29, 0.717) is 6.54 Å². The summed E-state index contributed by atoms with van der Waals surface area (Å²) >= 11 is 0. The van der Waals surface area contributed by atoms with E-state index in [1.165, 1.54) is 17.1 Å². The molecule has 1 aliphatic rings. The van der Waals surface area contributed by atoms with Crippen molar-refractivity contribution < 1.29 is 8.42 Å². The highest BCUT2D eigenvalue weighted by Gasteiger charge is 2.29. The largest absolute Gasteiger partial charge is 0.316 e. The second-order valence-corrected chi connectivity index (χ2v) is 7.03. The second-order valence-electron chi connectivity index (χ2n) is 5.27. The van der Waals surface area contributed by atoms with Crippen LogP contribution in [0.5, 0.6) is 0 Å². The summed E-state index contributed by atoms with van der Waals surface area (Å²) in [4.78, 5) is 0.220. The first-order valence-corrected chi connectivity index (χ1v) is 7.59. The summed E-state index contributed by atoms with van der Waals surface area (Å²) in [6, 6.07) is 0. The van der Waals surface area contributed by atoms with E-state index in [4.69, 9.17) is 0 Å². The fraction of sp³-hybridized carbons (Fsp3) is 0.727. The van der Waals surface area contributed by atoms with E-state index in [9.17, 15) is 8.42 Å². The molecule has 1 aromatic rings. The summed E-state index contributed by atoms with van der Waals surface area (Å²) in [5.41, 5.74) is -0.00642. The molecule has 110 valence electrons. The van der Waals surface area contributed by atoms with Crippen molar-refractivity contribution in [3.8, 4) is 0 Å². The first kappa shape index (κ1) is 16.4. The van der Waals surface area contributed by atoms with Gasteiger partial charge in [-0.15, -0.1) is 12.4 Å². The average Bonchev–Trinajstić information content (AvgIpc) is 2.76. The summed E-state index contributed by atoms with van der Waals surface area (Å²) in [7, 11) is -1.74. The molecule has 19 heavy (non-hydrogen) atoms. The smallest absolute Gasteiger partial charge is 0.243 e. The zero-order chi connectivity index (χ0) is 13.2. The number of hydrogen-bond donors (Lipinski definition) is 2. The average molecular weight is 309 g/mol. The van der Waals surface area contributed by atoms with E-state index in [2.05, 4.69) is 22.1 Å². The van der Waals surface area contributed by atoms with E-state index >= 15 is 0 Å². The van der Waals surface area contributed by atoms with Crippen LogP contribution < -0.4 is 10.0 Å². The van der Waals surface area contributed by atoms with Gasteiger partial charge in [0.1, 0.15) is 4.90 Å². The predicted molar refractivity (Wildman–Crippen MR) is 75.9 cm³/mol. The lowest BCUT2D eigenvalue weighted by atomic mass is 9.83. The summed E-state index contributed by atoms with van der Waals surface area (Å²) in [6.07, 6.45) is 4.99. The van der Waals surface area contributed by atoms with Crippen molar-refractivity contribution in [1.29, 1.82) is 0 Å². The molecular formula is C11H21ClN4O2S. The fourth-order valence-corrected chi connectivity index (χ4v) is 3.34. The molecule has 1 aromatic heterocycles. The Bertz CT molecular complexity index is 509. The van der Waals surface area contributed by atoms with Gasteiger partial charge in [0.25, 0.3) is 0 Å². The normalized spacial score (nSPS) is 23.9. The zero-order valence-electron chi connectivity index (χ0n) is 11.2. The van der Waals surface area contributed by atoms with Gasteiger partial charge in [0.2, 0.25) is 10.0 Å². The van der Waals surface area contributed by atoms with Crippen molar-refractivity contribution in [3.63, 3.8) is 0 Å². The van der Waals surface area contributed by atoms with Crippen LogP contribution in [0.3, 0.4) is 0 Å².